The lowest BCUT2D eigenvalue weighted by molar-refractivity contribution is 0.0696. The zero-order valence-electron chi connectivity index (χ0n) is 9.64. The Morgan fingerprint density at radius 2 is 2.00 bits per heavy atom. The van der Waals surface area contributed by atoms with Crippen LogP contribution in [-0.2, 0) is 5.75 Å². The minimum Gasteiger partial charge on any atom is -0.478 e. The zero-order chi connectivity index (χ0) is 13.8. The van der Waals surface area contributed by atoms with E-state index in [4.69, 9.17) is 5.11 Å². The van der Waals surface area contributed by atoms with Crippen molar-refractivity contribution < 1.29 is 18.7 Å². The van der Waals surface area contributed by atoms with Crippen molar-refractivity contribution >= 4 is 17.7 Å². The summed E-state index contributed by atoms with van der Waals surface area (Å²) in [6.45, 7) is 0. The lowest BCUT2D eigenvalue weighted by atomic mass is 10.2. The molecule has 19 heavy (non-hydrogen) atoms. The van der Waals surface area contributed by atoms with Crippen molar-refractivity contribution in [3.63, 3.8) is 0 Å². The zero-order valence-corrected chi connectivity index (χ0v) is 10.5. The molecular weight excluding hydrogens is 272 g/mol. The van der Waals surface area contributed by atoms with E-state index in [1.165, 1.54) is 30.1 Å². The largest absolute Gasteiger partial charge is 0.478 e. The van der Waals surface area contributed by atoms with Gasteiger partial charge in [0, 0.05) is 11.9 Å². The van der Waals surface area contributed by atoms with Gasteiger partial charge in [0.25, 0.3) is 0 Å². The highest BCUT2D eigenvalue weighted by molar-refractivity contribution is 7.98. The van der Waals surface area contributed by atoms with Crippen LogP contribution in [0.4, 0.5) is 8.78 Å². The van der Waals surface area contributed by atoms with E-state index in [-0.39, 0.29) is 5.56 Å². The van der Waals surface area contributed by atoms with Gasteiger partial charge in [0.1, 0.15) is 0 Å². The van der Waals surface area contributed by atoms with E-state index < -0.39 is 17.6 Å². The summed E-state index contributed by atoms with van der Waals surface area (Å²) in [7, 11) is 0. The Morgan fingerprint density at radius 3 is 2.58 bits per heavy atom. The molecule has 1 aromatic carbocycles. The fourth-order valence-corrected chi connectivity index (χ4v) is 2.16. The fraction of sp³-hybridized carbons (Fsp3) is 0.0769. The number of nitrogens with zero attached hydrogens (tertiary/aromatic N) is 1. The summed E-state index contributed by atoms with van der Waals surface area (Å²) in [6, 6.07) is 6.73. The van der Waals surface area contributed by atoms with Gasteiger partial charge in [0.05, 0.1) is 10.6 Å². The number of hydrogen-bond acceptors (Lipinski definition) is 3. The Hall–Kier alpha value is -1.95. The Bertz CT molecular complexity index is 602. The quantitative estimate of drug-likeness (QED) is 0.873. The van der Waals surface area contributed by atoms with E-state index in [9.17, 15) is 13.6 Å². The van der Waals surface area contributed by atoms with Crippen molar-refractivity contribution in [3.8, 4) is 0 Å². The minimum atomic E-state index is -1.04. The van der Waals surface area contributed by atoms with Gasteiger partial charge in [-0.15, -0.1) is 11.8 Å². The van der Waals surface area contributed by atoms with Crippen molar-refractivity contribution in [1.82, 2.24) is 4.98 Å². The molecule has 6 heteroatoms. The molecule has 0 aliphatic rings. The number of carbonyl (C=O) groups is 1. The molecule has 0 amide bonds. The Morgan fingerprint density at radius 1 is 1.21 bits per heavy atom. The van der Waals surface area contributed by atoms with Crippen molar-refractivity contribution in [2.45, 2.75) is 10.8 Å². The number of carboxylic acid groups (broad SMARTS) is 1. The molecule has 3 nitrogen and oxygen atoms in total. The van der Waals surface area contributed by atoms with Gasteiger partial charge in [-0.05, 0) is 29.8 Å². The third-order valence-corrected chi connectivity index (χ3v) is 3.37. The first-order valence-corrected chi connectivity index (χ1v) is 6.31. The van der Waals surface area contributed by atoms with Gasteiger partial charge in [-0.1, -0.05) is 6.07 Å². The normalized spacial score (nSPS) is 10.4. The Labute approximate surface area is 112 Å². The van der Waals surface area contributed by atoms with Crippen LogP contribution in [0, 0.1) is 11.6 Å². The summed E-state index contributed by atoms with van der Waals surface area (Å²) < 4.78 is 25.7. The first-order chi connectivity index (χ1) is 9.06. The Kier molecular flexibility index (Phi) is 4.11. The maximum atomic E-state index is 13.0. The summed E-state index contributed by atoms with van der Waals surface area (Å²) in [4.78, 5) is 14.6. The van der Waals surface area contributed by atoms with Gasteiger partial charge in [0.15, 0.2) is 11.6 Å². The maximum absolute atomic E-state index is 13.0. The maximum Gasteiger partial charge on any atom is 0.337 e. The van der Waals surface area contributed by atoms with Crippen molar-refractivity contribution in [2.75, 3.05) is 0 Å². The number of rotatable bonds is 4. The average molecular weight is 281 g/mol. The molecular formula is C13H9F2NO2S. The third-order valence-electron chi connectivity index (χ3n) is 2.35. The van der Waals surface area contributed by atoms with Crippen LogP contribution in [0.1, 0.15) is 15.9 Å². The lowest BCUT2D eigenvalue weighted by Gasteiger charge is -2.02. The molecule has 0 fully saturated rings. The first-order valence-electron chi connectivity index (χ1n) is 5.32. The number of carboxylic acids is 1. The molecule has 2 aromatic rings. The van der Waals surface area contributed by atoms with Crippen LogP contribution in [0.3, 0.4) is 0 Å². The minimum absolute atomic E-state index is 0.108. The third kappa shape index (κ3) is 3.51. The predicted molar refractivity (Wildman–Crippen MR) is 67.1 cm³/mol. The van der Waals surface area contributed by atoms with E-state index in [0.717, 1.165) is 12.1 Å². The smallest absolute Gasteiger partial charge is 0.337 e. The molecule has 0 atom stereocenters. The molecule has 0 saturated carbocycles. The molecule has 98 valence electrons. The summed E-state index contributed by atoms with van der Waals surface area (Å²) in [5.41, 5.74) is 0.741. The Balaban J connectivity index is 2.01. The van der Waals surface area contributed by atoms with Gasteiger partial charge >= 0.3 is 5.97 Å². The summed E-state index contributed by atoms with van der Waals surface area (Å²) >= 11 is 1.32. The molecule has 0 unspecified atom stereocenters. The van der Waals surface area contributed by atoms with Crippen LogP contribution in [0.25, 0.3) is 0 Å². The van der Waals surface area contributed by atoms with Crippen molar-refractivity contribution in [1.29, 1.82) is 0 Å². The highest BCUT2D eigenvalue weighted by Crippen LogP contribution is 2.21. The summed E-state index contributed by atoms with van der Waals surface area (Å²) in [6.07, 6.45) is 1.26. The highest BCUT2D eigenvalue weighted by Gasteiger charge is 2.05. The van der Waals surface area contributed by atoms with E-state index in [2.05, 4.69) is 4.98 Å². The monoisotopic (exact) mass is 281 g/mol. The lowest BCUT2D eigenvalue weighted by Crippen LogP contribution is -1.96. The molecule has 0 radical (unpaired) electrons. The van der Waals surface area contributed by atoms with Crippen LogP contribution in [0.2, 0.25) is 0 Å². The van der Waals surface area contributed by atoms with Crippen LogP contribution in [0.15, 0.2) is 41.6 Å². The number of thioether (sulfide) groups is 1. The molecule has 2 rings (SSSR count). The number of benzene rings is 1. The van der Waals surface area contributed by atoms with E-state index in [0.29, 0.717) is 16.3 Å². The summed E-state index contributed by atoms with van der Waals surface area (Å²) in [5, 5.41) is 9.34. The number of aromatic carboxylic acids is 1. The molecule has 0 spiro atoms. The van der Waals surface area contributed by atoms with Crippen LogP contribution < -0.4 is 0 Å². The van der Waals surface area contributed by atoms with Crippen molar-refractivity contribution in [3.05, 3.63) is 59.3 Å². The van der Waals surface area contributed by atoms with Gasteiger partial charge in [-0.3, -0.25) is 0 Å². The predicted octanol–water partition coefficient (Wildman–Crippen LogP) is 3.35. The molecule has 0 bridgehead atoms. The SMILES string of the molecule is O=C(O)c1ccc(SCc2ccc(F)c(F)c2)nc1. The molecule has 1 heterocycles. The fourth-order valence-electron chi connectivity index (χ4n) is 1.38. The number of pyridine rings is 1. The number of halogens is 2. The molecule has 0 saturated heterocycles. The number of aromatic nitrogens is 1. The standard InChI is InChI=1S/C13H9F2NO2S/c14-10-3-1-8(5-11(10)15)7-19-12-4-2-9(6-16-12)13(17)18/h1-6H,7H2,(H,17,18). The van der Waals surface area contributed by atoms with Gasteiger partial charge in [-0.2, -0.15) is 0 Å². The van der Waals surface area contributed by atoms with Gasteiger partial charge < -0.3 is 5.11 Å². The van der Waals surface area contributed by atoms with Crippen LogP contribution in [-0.4, -0.2) is 16.1 Å². The number of hydrogen-bond donors (Lipinski definition) is 1. The van der Waals surface area contributed by atoms with E-state index >= 15 is 0 Å². The van der Waals surface area contributed by atoms with E-state index in [1.54, 1.807) is 6.07 Å². The van der Waals surface area contributed by atoms with Crippen LogP contribution in [0.5, 0.6) is 0 Å². The van der Waals surface area contributed by atoms with E-state index in [1.807, 2.05) is 0 Å². The molecule has 0 aliphatic carbocycles. The van der Waals surface area contributed by atoms with Gasteiger partial charge in [-0.25, -0.2) is 18.6 Å². The first kappa shape index (κ1) is 13.5. The second-order valence-corrected chi connectivity index (χ2v) is 4.72. The topological polar surface area (TPSA) is 50.2 Å². The second-order valence-electron chi connectivity index (χ2n) is 3.73. The van der Waals surface area contributed by atoms with Crippen LogP contribution >= 0.6 is 11.8 Å². The average Bonchev–Trinajstić information content (AvgIpc) is 2.40. The summed E-state index contributed by atoms with van der Waals surface area (Å²) in [5.74, 6) is -2.37. The molecule has 1 aromatic heterocycles. The second kappa shape index (κ2) is 5.79. The molecule has 0 aliphatic heterocycles. The van der Waals surface area contributed by atoms with Crippen molar-refractivity contribution in [2.24, 2.45) is 0 Å². The van der Waals surface area contributed by atoms with Gasteiger partial charge in [0.2, 0.25) is 0 Å². The highest BCUT2D eigenvalue weighted by atomic mass is 32.2. The molecule has 1 N–H and O–H groups in total.